The van der Waals surface area contributed by atoms with E-state index in [2.05, 4.69) is 27.0 Å². The Kier molecular flexibility index (Phi) is 13.1. The van der Waals surface area contributed by atoms with E-state index in [1.807, 2.05) is 0 Å². The summed E-state index contributed by atoms with van der Waals surface area (Å²) in [5.74, 6) is -2.34. The number of aryl methyl sites for hydroxylation is 1. The van der Waals surface area contributed by atoms with Gasteiger partial charge in [-0.2, -0.15) is 9.57 Å². The third kappa shape index (κ3) is 9.88. The lowest BCUT2D eigenvalue weighted by atomic mass is 9.93. The summed E-state index contributed by atoms with van der Waals surface area (Å²) in [5, 5.41) is 28.3. The molecular weight excluding hydrogens is 928 g/mol. The molecule has 3 atom stereocenters. The molecular formula is C47H38Cl2N6O9S2. The minimum absolute atomic E-state index is 0.0449. The number of carbonyl (C=O) groups excluding carboxylic acids is 3. The van der Waals surface area contributed by atoms with Gasteiger partial charge in [0.15, 0.2) is 9.34 Å². The molecule has 0 spiro atoms. The zero-order valence-electron chi connectivity index (χ0n) is 35.0. The number of nitrogens with one attached hydrogen (secondary N) is 3. The van der Waals surface area contributed by atoms with Gasteiger partial charge in [-0.25, -0.2) is 18.2 Å². The van der Waals surface area contributed by atoms with Crippen molar-refractivity contribution < 1.29 is 42.2 Å². The molecule has 6 aromatic rings. The number of aromatic nitrogens is 1. The molecule has 5 aromatic carbocycles. The van der Waals surface area contributed by atoms with Crippen molar-refractivity contribution in [2.45, 2.75) is 62.2 Å². The Morgan fingerprint density at radius 3 is 2.30 bits per heavy atom. The van der Waals surface area contributed by atoms with Gasteiger partial charge in [-0.1, -0.05) is 89.1 Å². The van der Waals surface area contributed by atoms with Gasteiger partial charge in [0.2, 0.25) is 17.9 Å². The van der Waals surface area contributed by atoms with E-state index in [1.54, 1.807) is 103 Å². The van der Waals surface area contributed by atoms with Crippen molar-refractivity contribution >= 4 is 79.1 Å². The lowest BCUT2D eigenvalue weighted by Crippen LogP contribution is -2.55. The fourth-order valence-corrected chi connectivity index (χ4v) is 11.1. The number of halogens is 2. The first-order valence-electron chi connectivity index (χ1n) is 20.3. The third-order valence-electron chi connectivity index (χ3n) is 10.9. The van der Waals surface area contributed by atoms with Crippen LogP contribution < -0.4 is 25.4 Å². The number of aliphatic carboxylic acids is 1. The first-order valence-corrected chi connectivity index (χ1v) is 23.3. The Bertz CT molecular complexity index is 3050. The molecule has 0 fully saturated rings. The van der Waals surface area contributed by atoms with Gasteiger partial charge in [-0.15, -0.1) is 0 Å². The van der Waals surface area contributed by atoms with E-state index in [0.717, 1.165) is 32.3 Å². The molecule has 2 aliphatic rings. The number of amides is 3. The molecule has 0 radical (unpaired) electrons. The van der Waals surface area contributed by atoms with Gasteiger partial charge >= 0.3 is 5.97 Å². The molecule has 66 heavy (non-hydrogen) atoms. The van der Waals surface area contributed by atoms with Crippen LogP contribution in [0.2, 0.25) is 10.0 Å². The van der Waals surface area contributed by atoms with Crippen LogP contribution in [0.25, 0.3) is 11.1 Å². The second-order valence-corrected chi connectivity index (χ2v) is 19.4. The molecule has 3 heterocycles. The number of nitriles is 1. The van der Waals surface area contributed by atoms with Crippen LogP contribution in [0, 0.1) is 18.3 Å². The summed E-state index contributed by atoms with van der Waals surface area (Å²) in [6.45, 7) is 2.62. The van der Waals surface area contributed by atoms with E-state index in [-0.39, 0.29) is 46.8 Å². The van der Waals surface area contributed by atoms with E-state index in [0.29, 0.717) is 49.3 Å². The summed E-state index contributed by atoms with van der Waals surface area (Å²) in [6.07, 6.45) is -1.39. The highest BCUT2D eigenvalue weighted by molar-refractivity contribution is 7.91. The Hall–Kier alpha value is -6.81. The summed E-state index contributed by atoms with van der Waals surface area (Å²) in [6, 6.07) is 28.5. The molecule has 1 aromatic heterocycles. The number of carboxylic acid groups (broad SMARTS) is 1. The van der Waals surface area contributed by atoms with Crippen LogP contribution >= 0.6 is 34.5 Å². The summed E-state index contributed by atoms with van der Waals surface area (Å²) < 4.78 is 42.2. The van der Waals surface area contributed by atoms with Gasteiger partial charge in [0.1, 0.15) is 30.2 Å². The monoisotopic (exact) mass is 964 g/mol. The summed E-state index contributed by atoms with van der Waals surface area (Å²) in [5.41, 5.74) is 5.51. The predicted octanol–water partition coefficient (Wildman–Crippen LogP) is 7.83. The van der Waals surface area contributed by atoms with Crippen LogP contribution in [-0.4, -0.2) is 58.6 Å². The topological polar surface area (TPSA) is 217 Å². The largest absolute Gasteiger partial charge is 0.489 e. The van der Waals surface area contributed by atoms with Crippen molar-refractivity contribution in [2.24, 2.45) is 0 Å². The van der Waals surface area contributed by atoms with Crippen LogP contribution in [0.4, 0.5) is 10.8 Å². The SMILES string of the molecule is CC(=O)Nc1nc(C)c(S(=O)(=O)N2Cc3cc4c(cc3CC2C(=O)N[C@@H](Cc2ccc(-c3ccc(C#N)cc3)cc2)C(=O)O)NC(=O)[C@H](c2ccc(OCc3ccc(Cl)c(Cl)c3)cc2)O4)s1. The zero-order chi connectivity index (χ0) is 46.9. The van der Waals surface area contributed by atoms with Crippen molar-refractivity contribution in [3.63, 3.8) is 0 Å². The number of rotatable bonds is 13. The number of anilines is 2. The molecule has 4 N–H and O–H groups in total. The standard InChI is InChI=1S/C47H38Cl2N6O9S2/c1-25-46(65-47(51-25)52-26(2)56)66(61,62)55-23-34-21-41-38(53-44(58)42(64-41)32-12-14-35(15-13-32)63-24-29-7-16-36(48)37(49)17-29)19-33(34)20-40(55)43(57)54-39(45(59)60)18-27-3-8-30(9-4-27)31-10-5-28(22-50)6-11-31/h3-17,19,21,39-40,42H,18,20,23-24H2,1-2H3,(H,53,58)(H,54,57)(H,59,60)(H,51,52,56)/t39-,40?,42-/m0/s1. The molecule has 1 unspecified atom stereocenters. The third-order valence-corrected chi connectivity index (χ3v) is 15.2. The molecule has 0 bridgehead atoms. The van der Waals surface area contributed by atoms with Gasteiger partial charge in [0.25, 0.3) is 15.9 Å². The van der Waals surface area contributed by atoms with Crippen molar-refractivity contribution in [3.8, 4) is 28.7 Å². The quantitative estimate of drug-likeness (QED) is 0.0874. The first kappa shape index (κ1) is 45.7. The van der Waals surface area contributed by atoms with Crippen molar-refractivity contribution in [1.29, 1.82) is 5.26 Å². The lowest BCUT2D eigenvalue weighted by Gasteiger charge is -2.36. The van der Waals surface area contributed by atoms with Crippen LogP contribution in [0.15, 0.2) is 107 Å². The second-order valence-electron chi connectivity index (χ2n) is 15.5. The number of ether oxygens (including phenoxy) is 2. The Morgan fingerprint density at radius 1 is 0.970 bits per heavy atom. The maximum absolute atomic E-state index is 14.6. The number of fused-ring (bicyclic) bond motifs is 2. The van der Waals surface area contributed by atoms with Gasteiger partial charge in [-0.05, 0) is 95.3 Å². The average Bonchev–Trinajstić information content (AvgIpc) is 3.67. The minimum atomic E-state index is -4.53. The second kappa shape index (κ2) is 19.0. The van der Waals surface area contributed by atoms with E-state index in [4.69, 9.17) is 37.9 Å². The Morgan fingerprint density at radius 2 is 1.65 bits per heavy atom. The van der Waals surface area contributed by atoms with Crippen LogP contribution in [-0.2, 0) is 55.2 Å². The van der Waals surface area contributed by atoms with Crippen LogP contribution in [0.1, 0.15) is 52.1 Å². The fraction of sp³-hybridized carbons (Fsp3) is 0.191. The molecule has 8 rings (SSSR count). The maximum atomic E-state index is 14.6. The molecule has 0 saturated heterocycles. The van der Waals surface area contributed by atoms with Crippen molar-refractivity contribution in [2.75, 3.05) is 10.6 Å². The predicted molar refractivity (Wildman–Crippen MR) is 247 cm³/mol. The number of hydrogen-bond donors (Lipinski definition) is 4. The maximum Gasteiger partial charge on any atom is 0.326 e. The van der Waals surface area contributed by atoms with Gasteiger partial charge in [0, 0.05) is 25.5 Å². The average molecular weight is 966 g/mol. The van der Waals surface area contributed by atoms with Gasteiger partial charge < -0.3 is 30.5 Å². The number of hydrogen-bond acceptors (Lipinski definition) is 11. The summed E-state index contributed by atoms with van der Waals surface area (Å²) in [7, 11) is -4.53. The molecule has 336 valence electrons. The van der Waals surface area contributed by atoms with E-state index < -0.39 is 51.9 Å². The molecule has 0 saturated carbocycles. The number of carboxylic acids is 1. The molecule has 0 aliphatic carbocycles. The van der Waals surface area contributed by atoms with E-state index >= 15 is 0 Å². The number of carbonyl (C=O) groups is 4. The van der Waals surface area contributed by atoms with Crippen molar-refractivity contribution in [1.82, 2.24) is 14.6 Å². The smallest absolute Gasteiger partial charge is 0.326 e. The molecule has 19 heteroatoms. The van der Waals surface area contributed by atoms with Crippen molar-refractivity contribution in [3.05, 3.63) is 152 Å². The Labute approximate surface area is 393 Å². The van der Waals surface area contributed by atoms with Crippen LogP contribution in [0.3, 0.4) is 0 Å². The van der Waals surface area contributed by atoms with Crippen LogP contribution in [0.5, 0.6) is 11.5 Å². The molecule has 15 nitrogen and oxygen atoms in total. The minimum Gasteiger partial charge on any atom is -0.489 e. The number of thiazole rings is 1. The lowest BCUT2D eigenvalue weighted by molar-refractivity contribution is -0.142. The molecule has 2 aliphatic heterocycles. The van der Waals surface area contributed by atoms with E-state index in [9.17, 15) is 32.7 Å². The highest BCUT2D eigenvalue weighted by Gasteiger charge is 2.43. The number of benzene rings is 5. The molecule has 3 amide bonds. The van der Waals surface area contributed by atoms with E-state index in [1.165, 1.54) is 13.8 Å². The first-order chi connectivity index (χ1) is 31.6. The fourth-order valence-electron chi connectivity index (χ4n) is 7.60. The summed E-state index contributed by atoms with van der Waals surface area (Å²) >= 11 is 12.9. The number of sulfonamides is 1. The Balaban J connectivity index is 1.04. The highest BCUT2D eigenvalue weighted by Crippen LogP contribution is 2.42. The van der Waals surface area contributed by atoms with Gasteiger partial charge in [-0.3, -0.25) is 14.4 Å². The zero-order valence-corrected chi connectivity index (χ0v) is 38.1. The number of nitrogens with zero attached hydrogens (tertiary/aromatic N) is 3. The highest BCUT2D eigenvalue weighted by atomic mass is 35.5. The summed E-state index contributed by atoms with van der Waals surface area (Å²) in [4.78, 5) is 56.6. The normalized spacial score (nSPS) is 16.1. The van der Waals surface area contributed by atoms with Gasteiger partial charge in [0.05, 0.1) is 33.1 Å².